The van der Waals surface area contributed by atoms with Crippen LogP contribution in [0.2, 0.25) is 0 Å². The fraction of sp³-hybridized carbons (Fsp3) is 0.400. The number of carboxylic acids is 1. The summed E-state index contributed by atoms with van der Waals surface area (Å²) in [4.78, 5) is 49.6. The molecule has 2 amide bonds. The zero-order valence-corrected chi connectivity index (χ0v) is 12.8. The van der Waals surface area contributed by atoms with Crippen LogP contribution in [0.4, 0.5) is 4.79 Å². The fourth-order valence-electron chi connectivity index (χ4n) is 0. The van der Waals surface area contributed by atoms with Gasteiger partial charge in [0.2, 0.25) is 0 Å². The number of primary amides is 2. The van der Waals surface area contributed by atoms with E-state index in [1.807, 2.05) is 0 Å². The van der Waals surface area contributed by atoms with Crippen molar-refractivity contribution in [1.29, 1.82) is 0 Å². The SMILES string of the molecule is CC(O)C(=O)[O-].NC(N)=O.O=CO.O=P([O-])(O)O.[Ca+2]. The molecular weight excluding hydrogens is 319 g/mol. The van der Waals surface area contributed by atoms with Gasteiger partial charge in [0.25, 0.3) is 14.3 Å². The Morgan fingerprint density at radius 2 is 1.37 bits per heavy atom. The third-order valence-electron chi connectivity index (χ3n) is 0.341. The maximum atomic E-state index is 9.34. The second-order valence-corrected chi connectivity index (χ2v) is 2.97. The van der Waals surface area contributed by atoms with Crippen LogP contribution in [0.3, 0.4) is 0 Å². The van der Waals surface area contributed by atoms with Crippen molar-refractivity contribution in [2.24, 2.45) is 11.5 Å². The van der Waals surface area contributed by atoms with E-state index in [0.717, 1.165) is 6.92 Å². The molecule has 0 spiro atoms. The molecule has 0 radical (unpaired) electrons. The van der Waals surface area contributed by atoms with Gasteiger partial charge in [-0.1, -0.05) is 0 Å². The second kappa shape index (κ2) is 19.9. The van der Waals surface area contributed by atoms with Crippen LogP contribution in [-0.2, 0) is 14.2 Å². The first-order valence-electron chi connectivity index (χ1n) is 3.57. The molecule has 110 valence electrons. The number of urea groups is 1. The molecule has 0 aliphatic heterocycles. The Morgan fingerprint density at radius 3 is 1.37 bits per heavy atom. The third kappa shape index (κ3) is 338. The van der Waals surface area contributed by atoms with Crippen molar-refractivity contribution in [3.63, 3.8) is 0 Å². The van der Waals surface area contributed by atoms with Gasteiger partial charge in [-0.3, -0.25) is 9.36 Å². The van der Waals surface area contributed by atoms with E-state index < -0.39 is 25.9 Å². The Balaban J connectivity index is -0.0000000464. The number of carbonyl (C=O) groups excluding carboxylic acids is 2. The van der Waals surface area contributed by atoms with Crippen LogP contribution < -0.4 is 21.5 Å². The molecule has 1 atom stereocenters. The first-order valence-corrected chi connectivity index (χ1v) is 5.10. The zero-order chi connectivity index (χ0) is 15.9. The van der Waals surface area contributed by atoms with Gasteiger partial charge in [-0.15, -0.1) is 0 Å². The predicted octanol–water partition coefficient (Wildman–Crippen LogP) is -5.10. The average Bonchev–Trinajstić information content (AvgIpc) is 2.00. The van der Waals surface area contributed by atoms with Crippen molar-refractivity contribution in [2.45, 2.75) is 13.0 Å². The van der Waals surface area contributed by atoms with Crippen molar-refractivity contribution < 1.29 is 48.9 Å². The van der Waals surface area contributed by atoms with E-state index in [1.54, 1.807) is 0 Å². The van der Waals surface area contributed by atoms with Crippen molar-refractivity contribution in [1.82, 2.24) is 0 Å². The van der Waals surface area contributed by atoms with Crippen LogP contribution in [0.25, 0.3) is 0 Å². The summed E-state index contributed by atoms with van der Waals surface area (Å²) in [6.45, 7) is 0.884. The number of aliphatic hydroxyl groups excluding tert-OH is 1. The van der Waals surface area contributed by atoms with Gasteiger partial charge in [-0.2, -0.15) is 0 Å². The first-order chi connectivity index (χ1) is 7.79. The Labute approximate surface area is 137 Å². The number of aliphatic hydroxyl groups is 1. The summed E-state index contributed by atoms with van der Waals surface area (Å²) < 4.78 is 8.77. The summed E-state index contributed by atoms with van der Waals surface area (Å²) in [5.74, 6) is -1.44. The number of phosphoric acid groups is 1. The molecule has 0 bridgehead atoms. The molecule has 0 aromatic rings. The number of aliphatic carboxylic acids is 1. The molecule has 0 aliphatic rings. The van der Waals surface area contributed by atoms with Crippen LogP contribution in [0.1, 0.15) is 6.92 Å². The third-order valence-corrected chi connectivity index (χ3v) is 0.341. The molecule has 0 aliphatic carbocycles. The Morgan fingerprint density at radius 1 is 1.32 bits per heavy atom. The van der Waals surface area contributed by atoms with E-state index in [9.17, 15) is 9.90 Å². The summed E-state index contributed by atoms with van der Waals surface area (Å²) in [6, 6.07) is -0.833. The van der Waals surface area contributed by atoms with E-state index >= 15 is 0 Å². The predicted molar refractivity (Wildman–Crippen MR) is 56.9 cm³/mol. The van der Waals surface area contributed by atoms with Gasteiger partial charge in [-0.05, 0) is 6.92 Å². The van der Waals surface area contributed by atoms with Gasteiger partial charge in [-0.25, -0.2) is 4.79 Å². The smallest absolute Gasteiger partial charge is 0.756 e. The molecule has 0 saturated carbocycles. The van der Waals surface area contributed by atoms with Gasteiger partial charge in [0.1, 0.15) is 0 Å². The Kier molecular flexibility index (Phi) is 32.5. The molecule has 0 rings (SSSR count). The largest absolute Gasteiger partial charge is 2.00 e. The van der Waals surface area contributed by atoms with E-state index in [0.29, 0.717) is 0 Å². The quantitative estimate of drug-likeness (QED) is 0.151. The molecule has 1 unspecified atom stereocenters. The number of amides is 2. The van der Waals surface area contributed by atoms with Crippen molar-refractivity contribution in [2.75, 3.05) is 0 Å². The molecule has 0 aromatic heterocycles. The molecule has 12 nitrogen and oxygen atoms in total. The summed E-state index contributed by atoms with van der Waals surface area (Å²) in [7, 11) is -4.89. The second-order valence-electron chi connectivity index (χ2n) is 1.99. The van der Waals surface area contributed by atoms with Crippen molar-refractivity contribution in [3.8, 4) is 0 Å². The van der Waals surface area contributed by atoms with Gasteiger partial charge >= 0.3 is 43.8 Å². The van der Waals surface area contributed by atoms with Gasteiger partial charge < -0.3 is 46.3 Å². The Bertz CT molecular complexity index is 267. The van der Waals surface area contributed by atoms with Crippen molar-refractivity contribution in [3.05, 3.63) is 0 Å². The first kappa shape index (κ1) is 31.1. The average molecular weight is 332 g/mol. The molecule has 14 heteroatoms. The number of carbonyl (C=O) groups is 3. The molecule has 0 fully saturated rings. The molecule has 19 heavy (non-hydrogen) atoms. The summed E-state index contributed by atoms with van der Waals surface area (Å²) >= 11 is 0. The molecule has 8 N–H and O–H groups in total. The maximum Gasteiger partial charge on any atom is 2.00 e. The number of rotatable bonds is 1. The van der Waals surface area contributed by atoms with Crippen LogP contribution in [0.5, 0.6) is 0 Å². The van der Waals surface area contributed by atoms with Crippen LogP contribution >= 0.6 is 7.82 Å². The van der Waals surface area contributed by atoms with Gasteiger partial charge in [0.15, 0.2) is 0 Å². The zero-order valence-electron chi connectivity index (χ0n) is 9.70. The summed E-state index contributed by atoms with van der Waals surface area (Å²) in [6.07, 6.45) is -1.34. The number of nitrogens with two attached hydrogens (primary N) is 2. The van der Waals surface area contributed by atoms with E-state index in [4.69, 9.17) is 39.0 Å². The minimum Gasteiger partial charge on any atom is -0.756 e. The monoisotopic (exact) mass is 332 g/mol. The van der Waals surface area contributed by atoms with Crippen molar-refractivity contribution >= 4 is 64.0 Å². The number of carboxylic acid groups (broad SMARTS) is 2. The topological polar surface area (TPSA) is 247 Å². The summed E-state index contributed by atoms with van der Waals surface area (Å²) in [5, 5.41) is 24.2. The van der Waals surface area contributed by atoms with Crippen LogP contribution in [0, 0.1) is 0 Å². The molecule has 0 aromatic carbocycles. The molecule has 0 heterocycles. The minimum atomic E-state index is -4.89. The minimum absolute atomic E-state index is 0. The maximum absolute atomic E-state index is 9.34. The molecular formula is C5H13CaN2O10P. The molecule has 0 saturated heterocycles. The number of hydrogen-bond acceptors (Lipinski definition) is 7. The normalized spacial score (nSPS) is 9.32. The fourth-order valence-corrected chi connectivity index (χ4v) is 0. The Hall–Kier alpha value is -0.460. The summed E-state index contributed by atoms with van der Waals surface area (Å²) in [5.41, 5.74) is 8.50. The van der Waals surface area contributed by atoms with Crippen LogP contribution in [0.15, 0.2) is 0 Å². The number of hydrogen-bond donors (Lipinski definition) is 6. The van der Waals surface area contributed by atoms with Crippen LogP contribution in [-0.4, -0.2) is 82.3 Å². The van der Waals surface area contributed by atoms with Gasteiger partial charge in [0.05, 0.1) is 12.1 Å². The van der Waals surface area contributed by atoms with E-state index in [1.165, 1.54) is 0 Å². The van der Waals surface area contributed by atoms with Gasteiger partial charge in [0, 0.05) is 0 Å². The van der Waals surface area contributed by atoms with E-state index in [2.05, 4.69) is 11.5 Å². The van der Waals surface area contributed by atoms with E-state index in [-0.39, 0.29) is 44.2 Å². The standard InChI is InChI=1S/C3H6O3.CH4N2O.CH2O2.Ca.H3O4P/c1-2(4)3(5)6;2-1(3)4;2-1-3;;1-5(2,3)4/h2,4H,1H3,(H,5,6);(H4,2,3,4);1H,(H,2,3);;(H3,1,2,3,4)/q;;;+2;/p-2.